The molecule has 0 saturated heterocycles. The first kappa shape index (κ1) is 19.3. The van der Waals surface area contributed by atoms with E-state index in [1.54, 1.807) is 40.1 Å². The second-order valence-corrected chi connectivity index (χ2v) is 9.12. The minimum Gasteiger partial charge on any atom is -0.339 e. The smallest absolute Gasteiger partial charge is 0.232 e. The second kappa shape index (κ2) is 8.18. The van der Waals surface area contributed by atoms with Crippen molar-refractivity contribution < 1.29 is 8.42 Å². The first-order valence-electron chi connectivity index (χ1n) is 9.17. The van der Waals surface area contributed by atoms with Gasteiger partial charge in [-0.15, -0.1) is 15.3 Å². The lowest BCUT2D eigenvalue weighted by Crippen LogP contribution is -2.16. The van der Waals surface area contributed by atoms with Gasteiger partial charge >= 0.3 is 0 Å². The standard InChI is InChI=1S/C19H20N6O2S2/c1-2-3-12-29(26,27)24-16-6-4-15(5-7-16)20-17-8-9-18-21-22-19(25(18)23-17)14-10-11-28-13-14/h4-11,13,24H,2-3,12H2,1H3,(H,20,23). The van der Waals surface area contributed by atoms with Crippen LogP contribution in [-0.4, -0.2) is 34.0 Å². The summed E-state index contributed by atoms with van der Waals surface area (Å²) in [5, 5.41) is 20.1. The Bertz CT molecular complexity index is 1200. The fourth-order valence-corrected chi connectivity index (χ4v) is 4.66. The highest BCUT2D eigenvalue weighted by Crippen LogP contribution is 2.22. The summed E-state index contributed by atoms with van der Waals surface area (Å²) in [5.41, 5.74) is 2.95. The van der Waals surface area contributed by atoms with Gasteiger partial charge in [0, 0.05) is 22.3 Å². The minimum absolute atomic E-state index is 0.124. The van der Waals surface area contributed by atoms with Gasteiger partial charge in [-0.25, -0.2) is 8.42 Å². The number of anilines is 3. The molecule has 0 bridgehead atoms. The van der Waals surface area contributed by atoms with Crippen molar-refractivity contribution in [2.45, 2.75) is 19.8 Å². The Hall–Kier alpha value is -2.98. The van der Waals surface area contributed by atoms with Crippen LogP contribution < -0.4 is 10.0 Å². The van der Waals surface area contributed by atoms with Crippen molar-refractivity contribution in [1.82, 2.24) is 19.8 Å². The monoisotopic (exact) mass is 428 g/mol. The Morgan fingerprint density at radius 3 is 2.55 bits per heavy atom. The molecule has 0 aliphatic rings. The SMILES string of the molecule is CCCCS(=O)(=O)Nc1ccc(Nc2ccc3nnc(-c4ccsc4)n3n2)cc1. The van der Waals surface area contributed by atoms with E-state index in [4.69, 9.17) is 0 Å². The molecule has 29 heavy (non-hydrogen) atoms. The van der Waals surface area contributed by atoms with Crippen molar-refractivity contribution in [2.75, 3.05) is 15.8 Å². The average Bonchev–Trinajstić information content (AvgIpc) is 3.37. The fourth-order valence-electron chi connectivity index (χ4n) is 2.76. The van der Waals surface area contributed by atoms with Crippen molar-refractivity contribution in [3.63, 3.8) is 0 Å². The zero-order valence-electron chi connectivity index (χ0n) is 15.7. The number of sulfonamides is 1. The maximum absolute atomic E-state index is 12.0. The molecular formula is C19H20N6O2S2. The van der Waals surface area contributed by atoms with E-state index in [1.165, 1.54) is 0 Å². The second-order valence-electron chi connectivity index (χ2n) is 6.50. The molecule has 8 nitrogen and oxygen atoms in total. The van der Waals surface area contributed by atoms with E-state index in [9.17, 15) is 8.42 Å². The molecule has 0 saturated carbocycles. The predicted molar refractivity (Wildman–Crippen MR) is 116 cm³/mol. The summed E-state index contributed by atoms with van der Waals surface area (Å²) in [6.07, 6.45) is 1.47. The van der Waals surface area contributed by atoms with E-state index < -0.39 is 10.0 Å². The average molecular weight is 429 g/mol. The van der Waals surface area contributed by atoms with Crippen LogP contribution in [0, 0.1) is 0 Å². The third-order valence-corrected chi connectivity index (χ3v) is 6.30. The molecule has 0 fully saturated rings. The van der Waals surface area contributed by atoms with Crippen LogP contribution in [0.25, 0.3) is 17.0 Å². The summed E-state index contributed by atoms with van der Waals surface area (Å²) in [4.78, 5) is 0. The Morgan fingerprint density at radius 1 is 1.03 bits per heavy atom. The van der Waals surface area contributed by atoms with Gasteiger partial charge in [0.05, 0.1) is 5.75 Å². The first-order valence-corrected chi connectivity index (χ1v) is 11.8. The maximum Gasteiger partial charge on any atom is 0.232 e. The summed E-state index contributed by atoms with van der Waals surface area (Å²) in [6, 6.07) is 12.7. The molecule has 0 amide bonds. The molecule has 1 aromatic carbocycles. The molecule has 0 aliphatic carbocycles. The van der Waals surface area contributed by atoms with Gasteiger partial charge in [-0.3, -0.25) is 4.72 Å². The maximum atomic E-state index is 12.0. The Balaban J connectivity index is 1.51. The number of rotatable bonds is 8. The number of benzene rings is 1. The van der Waals surface area contributed by atoms with Gasteiger partial charge in [0.25, 0.3) is 0 Å². The first-order chi connectivity index (χ1) is 14.0. The van der Waals surface area contributed by atoms with Crippen LogP contribution in [0.4, 0.5) is 17.2 Å². The third kappa shape index (κ3) is 4.54. The lowest BCUT2D eigenvalue weighted by molar-refractivity contribution is 0.598. The zero-order valence-corrected chi connectivity index (χ0v) is 17.4. The highest BCUT2D eigenvalue weighted by molar-refractivity contribution is 7.92. The summed E-state index contributed by atoms with van der Waals surface area (Å²) < 4.78 is 28.3. The van der Waals surface area contributed by atoms with Crippen LogP contribution in [0.2, 0.25) is 0 Å². The van der Waals surface area contributed by atoms with E-state index in [0.717, 1.165) is 17.7 Å². The molecule has 0 spiro atoms. The van der Waals surface area contributed by atoms with Crippen LogP contribution >= 0.6 is 11.3 Å². The predicted octanol–water partition coefficient (Wildman–Crippen LogP) is 4.14. The summed E-state index contributed by atoms with van der Waals surface area (Å²) in [5.74, 6) is 1.44. The van der Waals surface area contributed by atoms with Crippen LogP contribution in [-0.2, 0) is 10.0 Å². The highest BCUT2D eigenvalue weighted by atomic mass is 32.2. The summed E-state index contributed by atoms with van der Waals surface area (Å²) in [6.45, 7) is 1.96. The number of aromatic nitrogens is 4. The zero-order chi connectivity index (χ0) is 20.3. The molecule has 0 unspecified atom stereocenters. The molecule has 0 radical (unpaired) electrons. The molecule has 0 aliphatic heterocycles. The highest BCUT2D eigenvalue weighted by Gasteiger charge is 2.11. The number of thiophene rings is 1. The van der Waals surface area contributed by atoms with Crippen molar-refractivity contribution >= 4 is 44.2 Å². The van der Waals surface area contributed by atoms with Crippen molar-refractivity contribution in [3.8, 4) is 11.4 Å². The van der Waals surface area contributed by atoms with Gasteiger partial charge in [-0.05, 0) is 54.3 Å². The van der Waals surface area contributed by atoms with Crippen molar-refractivity contribution in [2.24, 2.45) is 0 Å². The third-order valence-electron chi connectivity index (χ3n) is 4.24. The van der Waals surface area contributed by atoms with Gasteiger partial charge in [0.15, 0.2) is 17.3 Å². The van der Waals surface area contributed by atoms with Gasteiger partial charge in [-0.2, -0.15) is 15.9 Å². The summed E-state index contributed by atoms with van der Waals surface area (Å²) >= 11 is 1.59. The van der Waals surface area contributed by atoms with Crippen LogP contribution in [0.15, 0.2) is 53.2 Å². The largest absolute Gasteiger partial charge is 0.339 e. The Kier molecular flexibility index (Phi) is 5.45. The molecule has 3 aromatic heterocycles. The molecule has 3 heterocycles. The lowest BCUT2D eigenvalue weighted by atomic mass is 10.3. The van der Waals surface area contributed by atoms with E-state index in [2.05, 4.69) is 25.3 Å². The quantitative estimate of drug-likeness (QED) is 0.437. The van der Waals surface area contributed by atoms with Gasteiger partial charge in [0.1, 0.15) is 0 Å². The Morgan fingerprint density at radius 2 is 1.83 bits per heavy atom. The van der Waals surface area contributed by atoms with Crippen LogP contribution in [0.5, 0.6) is 0 Å². The number of hydrogen-bond acceptors (Lipinski definition) is 7. The topological polar surface area (TPSA) is 101 Å². The molecule has 150 valence electrons. The number of unbranched alkanes of at least 4 members (excludes halogenated alkanes) is 1. The van der Waals surface area contributed by atoms with E-state index >= 15 is 0 Å². The van der Waals surface area contributed by atoms with E-state index in [-0.39, 0.29) is 5.75 Å². The number of nitrogens with one attached hydrogen (secondary N) is 2. The van der Waals surface area contributed by atoms with Gasteiger partial charge in [0.2, 0.25) is 10.0 Å². The van der Waals surface area contributed by atoms with Crippen LogP contribution in [0.1, 0.15) is 19.8 Å². The molecular weight excluding hydrogens is 408 g/mol. The van der Waals surface area contributed by atoms with E-state index in [1.807, 2.05) is 35.9 Å². The number of fused-ring (bicyclic) bond motifs is 1. The molecule has 10 heteroatoms. The molecule has 4 aromatic rings. The van der Waals surface area contributed by atoms with Crippen molar-refractivity contribution in [1.29, 1.82) is 0 Å². The normalized spacial score (nSPS) is 11.6. The minimum atomic E-state index is -3.31. The lowest BCUT2D eigenvalue weighted by Gasteiger charge is -2.10. The molecule has 2 N–H and O–H groups in total. The van der Waals surface area contributed by atoms with Crippen LogP contribution in [0.3, 0.4) is 0 Å². The number of nitrogens with zero attached hydrogens (tertiary/aromatic N) is 4. The summed E-state index contributed by atoms with van der Waals surface area (Å²) in [7, 11) is -3.31. The van der Waals surface area contributed by atoms with E-state index in [0.29, 0.717) is 29.4 Å². The van der Waals surface area contributed by atoms with Crippen molar-refractivity contribution in [3.05, 3.63) is 53.2 Å². The number of hydrogen-bond donors (Lipinski definition) is 2. The van der Waals surface area contributed by atoms with Gasteiger partial charge < -0.3 is 5.32 Å². The van der Waals surface area contributed by atoms with Gasteiger partial charge in [-0.1, -0.05) is 13.3 Å². The Labute approximate surface area is 172 Å². The molecule has 4 rings (SSSR count). The molecule has 0 atom stereocenters. The fraction of sp³-hybridized carbons (Fsp3) is 0.211.